The fourth-order valence-corrected chi connectivity index (χ4v) is 4.81. The molecule has 3 amide bonds. The van der Waals surface area contributed by atoms with Gasteiger partial charge in [-0.05, 0) is 75.3 Å². The van der Waals surface area contributed by atoms with Gasteiger partial charge in [0.25, 0.3) is 11.1 Å². The Morgan fingerprint density at radius 2 is 1.56 bits per heavy atom. The molecule has 0 aliphatic carbocycles. The van der Waals surface area contributed by atoms with E-state index in [1.807, 2.05) is 48.5 Å². The van der Waals surface area contributed by atoms with Crippen LogP contribution in [0.25, 0.3) is 27.6 Å². The van der Waals surface area contributed by atoms with Crippen LogP contribution in [-0.2, 0) is 9.59 Å². The van der Waals surface area contributed by atoms with E-state index in [4.69, 9.17) is 4.74 Å². The molecule has 168 valence electrons. The van der Waals surface area contributed by atoms with Crippen LogP contribution in [-0.4, -0.2) is 35.6 Å². The zero-order valence-electron chi connectivity index (χ0n) is 18.3. The van der Waals surface area contributed by atoms with E-state index in [-0.39, 0.29) is 6.54 Å². The first-order valence-electron chi connectivity index (χ1n) is 10.6. The summed E-state index contributed by atoms with van der Waals surface area (Å²) in [6.07, 6.45) is 1.76. The maximum Gasteiger partial charge on any atom is 0.294 e. The van der Waals surface area contributed by atoms with Crippen molar-refractivity contribution in [1.29, 1.82) is 0 Å². The van der Waals surface area contributed by atoms with E-state index in [0.717, 1.165) is 43.8 Å². The van der Waals surface area contributed by atoms with Gasteiger partial charge in [-0.1, -0.05) is 48.5 Å². The zero-order chi connectivity index (χ0) is 23.7. The van der Waals surface area contributed by atoms with Crippen LogP contribution >= 0.6 is 11.8 Å². The third kappa shape index (κ3) is 4.13. The number of hydrogen-bond acceptors (Lipinski definition) is 5. The summed E-state index contributed by atoms with van der Waals surface area (Å²) in [6.45, 7) is -0.357. The summed E-state index contributed by atoms with van der Waals surface area (Å²) >= 11 is 0.849. The average Bonchev–Trinajstić information content (AvgIpc) is 3.11. The topological polar surface area (TPSA) is 75.7 Å². The number of nitrogens with one attached hydrogen (secondary N) is 1. The molecule has 1 N–H and O–H groups in total. The minimum atomic E-state index is -0.475. The van der Waals surface area contributed by atoms with Crippen LogP contribution in [0.1, 0.15) is 5.56 Å². The lowest BCUT2D eigenvalue weighted by Crippen LogP contribution is -2.36. The van der Waals surface area contributed by atoms with Gasteiger partial charge in [0.2, 0.25) is 5.91 Å². The molecule has 0 unspecified atom stereocenters. The van der Waals surface area contributed by atoms with Crippen LogP contribution in [0, 0.1) is 0 Å². The summed E-state index contributed by atoms with van der Waals surface area (Å²) < 4.78 is 5.10. The number of thioether (sulfide) groups is 1. The smallest absolute Gasteiger partial charge is 0.294 e. The van der Waals surface area contributed by atoms with Crippen molar-refractivity contribution in [3.8, 4) is 5.75 Å². The largest absolute Gasteiger partial charge is 0.497 e. The Bertz CT molecular complexity index is 1420. The Morgan fingerprint density at radius 3 is 2.18 bits per heavy atom. The van der Waals surface area contributed by atoms with Gasteiger partial charge < -0.3 is 10.1 Å². The number of ether oxygens (including phenoxy) is 1. The van der Waals surface area contributed by atoms with Gasteiger partial charge in [-0.25, -0.2) is 0 Å². The van der Waals surface area contributed by atoms with Gasteiger partial charge in [-0.15, -0.1) is 0 Å². The van der Waals surface area contributed by atoms with E-state index in [9.17, 15) is 14.4 Å². The number of anilines is 1. The summed E-state index contributed by atoms with van der Waals surface area (Å²) in [5, 5.41) is 6.31. The van der Waals surface area contributed by atoms with Gasteiger partial charge in [0.1, 0.15) is 12.3 Å². The Kier molecular flexibility index (Phi) is 5.77. The lowest BCUT2D eigenvalue weighted by atomic mass is 9.96. The molecule has 6 nitrogen and oxygen atoms in total. The predicted molar refractivity (Wildman–Crippen MR) is 136 cm³/mol. The van der Waals surface area contributed by atoms with E-state index in [0.29, 0.717) is 16.3 Å². The SMILES string of the molecule is COc1ccc(NC(=O)CN2C(=O)S/C(=C/c3c4ccccc4cc4ccccc34)C2=O)cc1. The predicted octanol–water partition coefficient (Wildman–Crippen LogP) is 5.68. The molecule has 0 radical (unpaired) electrons. The zero-order valence-corrected chi connectivity index (χ0v) is 19.1. The van der Waals surface area contributed by atoms with Crippen LogP contribution in [0.3, 0.4) is 0 Å². The van der Waals surface area contributed by atoms with Crippen molar-refractivity contribution in [3.05, 3.63) is 89.3 Å². The van der Waals surface area contributed by atoms with E-state index in [1.54, 1.807) is 37.5 Å². The third-order valence-electron chi connectivity index (χ3n) is 5.64. The fraction of sp³-hybridized carbons (Fsp3) is 0.0741. The van der Waals surface area contributed by atoms with E-state index in [2.05, 4.69) is 11.4 Å². The van der Waals surface area contributed by atoms with E-state index >= 15 is 0 Å². The number of carbonyl (C=O) groups excluding carboxylic acids is 3. The van der Waals surface area contributed by atoms with Gasteiger partial charge in [0, 0.05) is 5.69 Å². The molecule has 0 saturated carbocycles. The van der Waals surface area contributed by atoms with Gasteiger partial charge >= 0.3 is 0 Å². The van der Waals surface area contributed by atoms with Gasteiger partial charge in [-0.2, -0.15) is 0 Å². The number of benzene rings is 4. The highest BCUT2D eigenvalue weighted by Gasteiger charge is 2.36. The molecule has 1 aliphatic rings. The van der Waals surface area contributed by atoms with Crippen molar-refractivity contribution in [3.63, 3.8) is 0 Å². The Labute approximate surface area is 200 Å². The highest BCUT2D eigenvalue weighted by Crippen LogP contribution is 2.36. The normalized spacial score (nSPS) is 14.9. The summed E-state index contributed by atoms with van der Waals surface area (Å²) in [5.41, 5.74) is 1.43. The molecular formula is C27H20N2O4S. The molecule has 0 atom stereocenters. The third-order valence-corrected chi connectivity index (χ3v) is 6.54. The maximum absolute atomic E-state index is 13.1. The number of nitrogens with zero attached hydrogens (tertiary/aromatic N) is 1. The lowest BCUT2D eigenvalue weighted by molar-refractivity contribution is -0.127. The van der Waals surface area contributed by atoms with Crippen molar-refractivity contribution in [1.82, 2.24) is 4.90 Å². The molecule has 1 saturated heterocycles. The highest BCUT2D eigenvalue weighted by atomic mass is 32.2. The second kappa shape index (κ2) is 9.03. The first-order valence-corrected chi connectivity index (χ1v) is 11.4. The van der Waals surface area contributed by atoms with Crippen molar-refractivity contribution in [2.45, 2.75) is 0 Å². The Morgan fingerprint density at radius 1 is 0.941 bits per heavy atom. The van der Waals surface area contributed by atoms with Crippen LogP contribution in [0.4, 0.5) is 10.5 Å². The second-order valence-electron chi connectivity index (χ2n) is 7.78. The van der Waals surface area contributed by atoms with E-state index in [1.165, 1.54) is 0 Å². The molecule has 4 aromatic carbocycles. The molecule has 5 rings (SSSR count). The fourth-order valence-electron chi connectivity index (χ4n) is 3.99. The number of rotatable bonds is 5. The van der Waals surface area contributed by atoms with Crippen molar-refractivity contribution in [2.75, 3.05) is 19.0 Å². The van der Waals surface area contributed by atoms with E-state index < -0.39 is 17.1 Å². The summed E-state index contributed by atoms with van der Waals surface area (Å²) in [6, 6.07) is 24.8. The number of hydrogen-bond donors (Lipinski definition) is 1. The van der Waals surface area contributed by atoms with Gasteiger partial charge in [-0.3, -0.25) is 19.3 Å². The molecular weight excluding hydrogens is 448 g/mol. The van der Waals surface area contributed by atoms with Crippen LogP contribution in [0.15, 0.2) is 83.8 Å². The summed E-state index contributed by atoms with van der Waals surface area (Å²) in [5.74, 6) is -0.267. The molecule has 1 fully saturated rings. The van der Waals surface area contributed by atoms with Gasteiger partial charge in [0.05, 0.1) is 12.0 Å². The Balaban J connectivity index is 1.42. The quantitative estimate of drug-likeness (QED) is 0.301. The van der Waals surface area contributed by atoms with Crippen molar-refractivity contribution in [2.24, 2.45) is 0 Å². The monoisotopic (exact) mass is 468 g/mol. The van der Waals surface area contributed by atoms with Gasteiger partial charge in [0.15, 0.2) is 0 Å². The second-order valence-corrected chi connectivity index (χ2v) is 8.77. The first kappa shape index (κ1) is 21.7. The Hall–Kier alpha value is -4.10. The number of methoxy groups -OCH3 is 1. The van der Waals surface area contributed by atoms with Crippen molar-refractivity contribution < 1.29 is 19.1 Å². The molecule has 0 aromatic heterocycles. The molecule has 1 aliphatic heterocycles. The molecule has 7 heteroatoms. The molecule has 1 heterocycles. The number of carbonyl (C=O) groups is 3. The molecule has 0 bridgehead atoms. The lowest BCUT2D eigenvalue weighted by Gasteiger charge is -2.13. The highest BCUT2D eigenvalue weighted by molar-refractivity contribution is 8.18. The molecule has 34 heavy (non-hydrogen) atoms. The average molecular weight is 469 g/mol. The standard InChI is InChI=1S/C27H20N2O4S/c1-33-20-12-10-19(11-13-20)28-25(30)16-29-26(31)24(34-27(29)32)15-23-21-8-4-2-6-17(21)14-18-7-3-5-9-22(18)23/h2-15H,16H2,1H3,(H,28,30)/b24-15+. The molecule has 0 spiro atoms. The van der Waals surface area contributed by atoms with Crippen LogP contribution < -0.4 is 10.1 Å². The summed E-state index contributed by atoms with van der Waals surface area (Å²) in [4.78, 5) is 39.5. The van der Waals surface area contributed by atoms with Crippen molar-refractivity contribution >= 4 is 62.1 Å². The maximum atomic E-state index is 13.1. The minimum absolute atomic E-state index is 0.295. The number of amides is 3. The van der Waals surface area contributed by atoms with Crippen LogP contribution in [0.5, 0.6) is 5.75 Å². The molecule has 4 aromatic rings. The summed E-state index contributed by atoms with van der Waals surface area (Å²) in [7, 11) is 1.56. The van der Waals surface area contributed by atoms with Crippen LogP contribution in [0.2, 0.25) is 0 Å². The first-order chi connectivity index (χ1) is 16.5. The number of imide groups is 1. The number of fused-ring (bicyclic) bond motifs is 2. The minimum Gasteiger partial charge on any atom is -0.497 e.